The van der Waals surface area contributed by atoms with Crippen molar-refractivity contribution in [3.05, 3.63) is 64.7 Å². The van der Waals surface area contributed by atoms with E-state index < -0.39 is 23.2 Å². The standard InChI is InChI=1S/C15H11F2N3O/c16-12-5-11(6-13(17)14(12)19)15(21)20-8-10-3-1-9(7-18)2-4-10/h1-6H,8,19H2,(H,20,21). The molecule has 0 spiro atoms. The van der Waals surface area contributed by atoms with Crippen molar-refractivity contribution >= 4 is 11.6 Å². The molecule has 2 aromatic rings. The molecule has 0 aliphatic rings. The fourth-order valence-corrected chi connectivity index (χ4v) is 1.70. The van der Waals surface area contributed by atoms with Crippen molar-refractivity contribution in [3.63, 3.8) is 0 Å². The first-order chi connectivity index (χ1) is 10.0. The Balaban J connectivity index is 2.06. The van der Waals surface area contributed by atoms with Gasteiger partial charge in [0.25, 0.3) is 5.91 Å². The minimum atomic E-state index is -0.974. The van der Waals surface area contributed by atoms with E-state index in [2.05, 4.69) is 5.32 Å². The van der Waals surface area contributed by atoms with Gasteiger partial charge in [0, 0.05) is 12.1 Å². The number of rotatable bonds is 3. The second-order valence-corrected chi connectivity index (χ2v) is 4.34. The van der Waals surface area contributed by atoms with Crippen LogP contribution < -0.4 is 11.1 Å². The number of hydrogen-bond acceptors (Lipinski definition) is 3. The van der Waals surface area contributed by atoms with Crippen LogP contribution in [0, 0.1) is 23.0 Å². The minimum absolute atomic E-state index is 0.146. The summed E-state index contributed by atoms with van der Waals surface area (Å²) < 4.78 is 26.5. The van der Waals surface area contributed by atoms with Crippen LogP contribution >= 0.6 is 0 Å². The zero-order chi connectivity index (χ0) is 15.4. The van der Waals surface area contributed by atoms with Gasteiger partial charge in [-0.05, 0) is 29.8 Å². The maximum Gasteiger partial charge on any atom is 0.251 e. The smallest absolute Gasteiger partial charge is 0.251 e. The summed E-state index contributed by atoms with van der Waals surface area (Å²) >= 11 is 0. The lowest BCUT2D eigenvalue weighted by molar-refractivity contribution is 0.0950. The summed E-state index contributed by atoms with van der Waals surface area (Å²) in [4.78, 5) is 11.8. The fraction of sp³-hybridized carbons (Fsp3) is 0.0667. The number of nitrogens with two attached hydrogens (primary N) is 1. The number of carbonyl (C=O) groups excluding carboxylic acids is 1. The summed E-state index contributed by atoms with van der Waals surface area (Å²) in [5.41, 5.74) is 5.65. The van der Waals surface area contributed by atoms with Crippen LogP contribution in [0.25, 0.3) is 0 Å². The van der Waals surface area contributed by atoms with Crippen LogP contribution in [-0.2, 0) is 6.54 Å². The van der Waals surface area contributed by atoms with E-state index in [0.29, 0.717) is 5.56 Å². The lowest BCUT2D eigenvalue weighted by Crippen LogP contribution is -2.23. The van der Waals surface area contributed by atoms with E-state index in [1.54, 1.807) is 24.3 Å². The van der Waals surface area contributed by atoms with Crippen LogP contribution in [0.1, 0.15) is 21.5 Å². The molecule has 0 aliphatic carbocycles. The highest BCUT2D eigenvalue weighted by Crippen LogP contribution is 2.17. The average molecular weight is 287 g/mol. The van der Waals surface area contributed by atoms with Gasteiger partial charge in [-0.25, -0.2) is 8.78 Å². The van der Waals surface area contributed by atoms with Crippen LogP contribution in [0.4, 0.5) is 14.5 Å². The highest BCUT2D eigenvalue weighted by Gasteiger charge is 2.12. The number of nitriles is 1. The number of benzene rings is 2. The van der Waals surface area contributed by atoms with Crippen LogP contribution in [0.3, 0.4) is 0 Å². The van der Waals surface area contributed by atoms with E-state index in [9.17, 15) is 13.6 Å². The Labute approximate surface area is 119 Å². The Morgan fingerprint density at radius 2 is 1.76 bits per heavy atom. The molecule has 21 heavy (non-hydrogen) atoms. The molecule has 0 aliphatic heterocycles. The molecule has 6 heteroatoms. The molecule has 0 heterocycles. The molecular weight excluding hydrogens is 276 g/mol. The molecule has 0 saturated carbocycles. The maximum absolute atomic E-state index is 13.3. The number of carbonyl (C=O) groups is 1. The van der Waals surface area contributed by atoms with Crippen molar-refractivity contribution in [3.8, 4) is 6.07 Å². The Morgan fingerprint density at radius 1 is 1.19 bits per heavy atom. The maximum atomic E-state index is 13.3. The van der Waals surface area contributed by atoms with E-state index in [4.69, 9.17) is 11.0 Å². The molecule has 0 bridgehead atoms. The molecule has 2 aromatic carbocycles. The van der Waals surface area contributed by atoms with Crippen molar-refractivity contribution in [2.45, 2.75) is 6.54 Å². The number of hydrogen-bond donors (Lipinski definition) is 2. The summed E-state index contributed by atoms with van der Waals surface area (Å²) in [6.45, 7) is 0.179. The van der Waals surface area contributed by atoms with Crippen LogP contribution in [-0.4, -0.2) is 5.91 Å². The number of anilines is 1. The van der Waals surface area contributed by atoms with Gasteiger partial charge in [0.1, 0.15) is 17.3 Å². The number of nitrogen functional groups attached to an aromatic ring is 1. The van der Waals surface area contributed by atoms with E-state index in [-0.39, 0.29) is 12.1 Å². The Hall–Kier alpha value is -2.94. The third-order valence-corrected chi connectivity index (χ3v) is 2.88. The topological polar surface area (TPSA) is 78.9 Å². The van der Waals surface area contributed by atoms with Crippen LogP contribution in [0.15, 0.2) is 36.4 Å². The largest absolute Gasteiger partial charge is 0.394 e. The number of nitrogens with one attached hydrogen (secondary N) is 1. The van der Waals surface area contributed by atoms with Gasteiger partial charge in [0.05, 0.1) is 11.6 Å². The fourth-order valence-electron chi connectivity index (χ4n) is 1.70. The molecule has 106 valence electrons. The average Bonchev–Trinajstić information content (AvgIpc) is 2.50. The third kappa shape index (κ3) is 3.34. The van der Waals surface area contributed by atoms with Crippen molar-refractivity contribution in [1.82, 2.24) is 5.32 Å². The zero-order valence-corrected chi connectivity index (χ0v) is 10.9. The first kappa shape index (κ1) is 14.5. The van der Waals surface area contributed by atoms with Crippen LogP contribution in [0.5, 0.6) is 0 Å². The molecule has 4 nitrogen and oxygen atoms in total. The Kier molecular flexibility index (Phi) is 4.14. The van der Waals surface area contributed by atoms with Crippen LogP contribution in [0.2, 0.25) is 0 Å². The molecule has 3 N–H and O–H groups in total. The molecule has 0 fully saturated rings. The number of amides is 1. The van der Waals surface area contributed by atoms with Gasteiger partial charge >= 0.3 is 0 Å². The van der Waals surface area contributed by atoms with Gasteiger partial charge in [-0.2, -0.15) is 5.26 Å². The molecule has 0 saturated heterocycles. The molecule has 0 unspecified atom stereocenters. The normalized spacial score (nSPS) is 9.95. The van der Waals surface area contributed by atoms with E-state index >= 15 is 0 Å². The molecule has 0 atom stereocenters. The summed E-state index contributed by atoms with van der Waals surface area (Å²) in [6, 6.07) is 10.3. The number of halogens is 2. The number of nitrogens with zero attached hydrogens (tertiary/aromatic N) is 1. The third-order valence-electron chi connectivity index (χ3n) is 2.88. The highest BCUT2D eigenvalue weighted by molar-refractivity contribution is 5.94. The second-order valence-electron chi connectivity index (χ2n) is 4.34. The van der Waals surface area contributed by atoms with Crippen molar-refractivity contribution in [2.24, 2.45) is 0 Å². The van der Waals surface area contributed by atoms with Gasteiger partial charge in [0.15, 0.2) is 0 Å². The summed E-state index contributed by atoms with van der Waals surface area (Å²) in [6.07, 6.45) is 0. The van der Waals surface area contributed by atoms with Crippen molar-refractivity contribution in [1.29, 1.82) is 5.26 Å². The first-order valence-corrected chi connectivity index (χ1v) is 6.03. The summed E-state index contributed by atoms with van der Waals surface area (Å²) in [5, 5.41) is 11.2. The Bertz CT molecular complexity index is 698. The van der Waals surface area contributed by atoms with Gasteiger partial charge in [-0.15, -0.1) is 0 Å². The Morgan fingerprint density at radius 3 is 2.29 bits per heavy atom. The molecular formula is C15H11F2N3O. The quantitative estimate of drug-likeness (QED) is 0.850. The zero-order valence-electron chi connectivity index (χ0n) is 10.9. The van der Waals surface area contributed by atoms with Gasteiger partial charge in [-0.3, -0.25) is 4.79 Å². The van der Waals surface area contributed by atoms with Gasteiger partial charge in [0.2, 0.25) is 0 Å². The lowest BCUT2D eigenvalue weighted by atomic mass is 10.1. The highest BCUT2D eigenvalue weighted by atomic mass is 19.1. The second kappa shape index (κ2) is 6.01. The van der Waals surface area contributed by atoms with E-state index in [1.807, 2.05) is 6.07 Å². The molecule has 0 aromatic heterocycles. The SMILES string of the molecule is N#Cc1ccc(CNC(=O)c2cc(F)c(N)c(F)c2)cc1. The molecule has 2 rings (SSSR count). The van der Waals surface area contributed by atoms with Gasteiger partial charge < -0.3 is 11.1 Å². The van der Waals surface area contributed by atoms with E-state index in [1.165, 1.54) is 0 Å². The predicted molar refractivity (Wildman–Crippen MR) is 73.1 cm³/mol. The van der Waals surface area contributed by atoms with E-state index in [0.717, 1.165) is 17.7 Å². The molecule has 0 radical (unpaired) electrons. The van der Waals surface area contributed by atoms with Crippen molar-refractivity contribution < 1.29 is 13.6 Å². The van der Waals surface area contributed by atoms with Crippen molar-refractivity contribution in [2.75, 3.05) is 5.73 Å². The predicted octanol–water partition coefficient (Wildman–Crippen LogP) is 2.35. The first-order valence-electron chi connectivity index (χ1n) is 6.03. The summed E-state index contributed by atoms with van der Waals surface area (Å²) in [7, 11) is 0. The molecule has 1 amide bonds. The summed E-state index contributed by atoms with van der Waals surface area (Å²) in [5.74, 6) is -2.56. The monoisotopic (exact) mass is 287 g/mol. The lowest BCUT2D eigenvalue weighted by Gasteiger charge is -2.07. The minimum Gasteiger partial charge on any atom is -0.394 e. The van der Waals surface area contributed by atoms with Gasteiger partial charge in [-0.1, -0.05) is 12.1 Å².